The maximum absolute atomic E-state index is 5.63. The Morgan fingerprint density at radius 2 is 1.96 bits per heavy atom. The van der Waals surface area contributed by atoms with Gasteiger partial charge in [0.05, 0.1) is 17.6 Å². The molecule has 1 aromatic carbocycles. The van der Waals surface area contributed by atoms with Crippen LogP contribution in [0.4, 0.5) is 5.69 Å². The second-order valence-electron chi connectivity index (χ2n) is 6.00. The summed E-state index contributed by atoms with van der Waals surface area (Å²) in [7, 11) is 0. The minimum atomic E-state index is 0.793. The lowest BCUT2D eigenvalue weighted by molar-refractivity contribution is 0.568. The van der Waals surface area contributed by atoms with E-state index in [1.165, 1.54) is 0 Å². The molecule has 0 saturated carbocycles. The number of pyridine rings is 1. The van der Waals surface area contributed by atoms with Crippen LogP contribution in [0.2, 0.25) is 0 Å². The zero-order valence-corrected chi connectivity index (χ0v) is 15.3. The lowest BCUT2D eigenvalue weighted by Gasteiger charge is -2.07. The number of rotatable bonds is 5. The molecule has 0 fully saturated rings. The smallest absolute Gasteiger partial charge is 0.190 e. The van der Waals surface area contributed by atoms with Gasteiger partial charge < -0.3 is 8.98 Å². The fourth-order valence-corrected chi connectivity index (χ4v) is 3.75. The highest BCUT2D eigenvalue weighted by Crippen LogP contribution is 2.22. The van der Waals surface area contributed by atoms with Crippen molar-refractivity contribution in [2.24, 2.45) is 4.99 Å². The van der Waals surface area contributed by atoms with Gasteiger partial charge >= 0.3 is 0 Å². The fourth-order valence-electron chi connectivity index (χ4n) is 2.82. The van der Waals surface area contributed by atoms with Crippen molar-refractivity contribution in [3.05, 3.63) is 88.5 Å². The minimum Gasteiger partial charge on any atom is -0.463 e. The average Bonchev–Trinajstić information content (AvgIpc) is 3.32. The van der Waals surface area contributed by atoms with E-state index in [-0.39, 0.29) is 0 Å². The van der Waals surface area contributed by atoms with Crippen molar-refractivity contribution in [2.45, 2.75) is 19.9 Å². The molecule has 0 unspecified atom stereocenters. The largest absolute Gasteiger partial charge is 0.463 e. The Balaban J connectivity index is 1.76. The van der Waals surface area contributed by atoms with Crippen LogP contribution < -0.4 is 4.80 Å². The molecular formula is C21H19N3OS. The van der Waals surface area contributed by atoms with Gasteiger partial charge in [0, 0.05) is 30.2 Å². The second kappa shape index (κ2) is 7.54. The van der Waals surface area contributed by atoms with E-state index in [1.807, 2.05) is 48.7 Å². The van der Waals surface area contributed by atoms with Crippen LogP contribution >= 0.6 is 11.3 Å². The monoisotopic (exact) mass is 361 g/mol. The number of nitrogens with zero attached hydrogens (tertiary/aromatic N) is 3. The molecule has 3 heterocycles. The van der Waals surface area contributed by atoms with Gasteiger partial charge in [-0.2, -0.15) is 0 Å². The second-order valence-corrected chi connectivity index (χ2v) is 6.84. The molecule has 0 radical (unpaired) electrons. The van der Waals surface area contributed by atoms with Crippen molar-refractivity contribution >= 4 is 17.0 Å². The van der Waals surface area contributed by atoms with Gasteiger partial charge in [0.15, 0.2) is 10.6 Å². The lowest BCUT2D eigenvalue weighted by atomic mass is 10.2. The van der Waals surface area contributed by atoms with Gasteiger partial charge in [-0.05, 0) is 42.8 Å². The first-order chi connectivity index (χ1) is 12.8. The number of furan rings is 1. The summed E-state index contributed by atoms with van der Waals surface area (Å²) in [6.45, 7) is 2.87. The van der Waals surface area contributed by atoms with Crippen LogP contribution in [0.1, 0.15) is 11.3 Å². The number of aryl methyl sites for hydroxylation is 2. The third-order valence-corrected chi connectivity index (χ3v) is 5.08. The van der Waals surface area contributed by atoms with Gasteiger partial charge in [0.1, 0.15) is 0 Å². The molecule has 0 amide bonds. The predicted molar refractivity (Wildman–Crippen MR) is 104 cm³/mol. The van der Waals surface area contributed by atoms with E-state index in [4.69, 9.17) is 9.41 Å². The van der Waals surface area contributed by atoms with Crippen LogP contribution in [0, 0.1) is 6.92 Å². The number of hydrogen-bond acceptors (Lipinski definition) is 4. The number of thiazole rings is 1. The molecule has 0 N–H and O–H groups in total. The van der Waals surface area contributed by atoms with Crippen LogP contribution in [-0.2, 0) is 13.0 Å². The molecule has 0 aliphatic carbocycles. The summed E-state index contributed by atoms with van der Waals surface area (Å²) in [5, 5.41) is 2.11. The fraction of sp³-hybridized carbons (Fsp3) is 0.143. The number of hydrogen-bond donors (Lipinski definition) is 0. The quantitative estimate of drug-likeness (QED) is 0.503. The van der Waals surface area contributed by atoms with Crippen LogP contribution in [0.5, 0.6) is 0 Å². The maximum Gasteiger partial charge on any atom is 0.190 e. The molecule has 0 bridgehead atoms. The summed E-state index contributed by atoms with van der Waals surface area (Å²) in [4.78, 5) is 10.3. The van der Waals surface area contributed by atoms with Crippen molar-refractivity contribution < 1.29 is 4.42 Å². The summed E-state index contributed by atoms with van der Waals surface area (Å²) in [5.74, 6) is 0.855. The molecule has 0 atom stereocenters. The first kappa shape index (κ1) is 16.5. The molecule has 26 heavy (non-hydrogen) atoms. The lowest BCUT2D eigenvalue weighted by Crippen LogP contribution is -2.17. The minimum absolute atomic E-state index is 0.793. The third-order valence-electron chi connectivity index (χ3n) is 4.22. The zero-order valence-electron chi connectivity index (χ0n) is 14.5. The molecule has 4 rings (SSSR count). The van der Waals surface area contributed by atoms with Crippen LogP contribution in [-0.4, -0.2) is 9.55 Å². The number of benzene rings is 1. The summed E-state index contributed by atoms with van der Waals surface area (Å²) in [6, 6.07) is 18.1. The van der Waals surface area contributed by atoms with Crippen LogP contribution in [0.25, 0.3) is 11.5 Å². The molecule has 0 aliphatic rings. The van der Waals surface area contributed by atoms with Crippen LogP contribution in [0.15, 0.2) is 81.8 Å². The molecule has 130 valence electrons. The first-order valence-corrected chi connectivity index (χ1v) is 9.42. The van der Waals surface area contributed by atoms with Gasteiger partial charge in [-0.3, -0.25) is 4.98 Å². The Hall–Kier alpha value is -2.92. The molecular weight excluding hydrogens is 342 g/mol. The summed E-state index contributed by atoms with van der Waals surface area (Å²) >= 11 is 1.63. The first-order valence-electron chi connectivity index (χ1n) is 8.54. The van der Waals surface area contributed by atoms with Crippen LogP contribution in [0.3, 0.4) is 0 Å². The van der Waals surface area contributed by atoms with Crippen molar-refractivity contribution in [1.82, 2.24) is 9.55 Å². The highest BCUT2D eigenvalue weighted by molar-refractivity contribution is 7.07. The standard InChI is InChI=1S/C21H19N3OS/c1-16-7-2-3-9-18(16)23-21-24(13-11-17-8-4-5-12-22-17)19(15-26-21)20-10-6-14-25-20/h2-10,12,14-15H,11,13H2,1H3. The van der Waals surface area contributed by atoms with E-state index < -0.39 is 0 Å². The van der Waals surface area contributed by atoms with E-state index in [2.05, 4.69) is 34.0 Å². The molecule has 0 saturated heterocycles. The Morgan fingerprint density at radius 3 is 2.73 bits per heavy atom. The number of aromatic nitrogens is 2. The van der Waals surface area contributed by atoms with Gasteiger partial charge in [-0.25, -0.2) is 4.99 Å². The van der Waals surface area contributed by atoms with Gasteiger partial charge in [-0.1, -0.05) is 24.3 Å². The molecule has 4 nitrogen and oxygen atoms in total. The SMILES string of the molecule is Cc1ccccc1N=c1scc(-c2ccco2)n1CCc1ccccn1. The van der Waals surface area contributed by atoms with Crippen molar-refractivity contribution in [1.29, 1.82) is 0 Å². The average molecular weight is 361 g/mol. The van der Waals surface area contributed by atoms with Gasteiger partial charge in [0.25, 0.3) is 0 Å². The molecule has 0 aliphatic heterocycles. The van der Waals surface area contributed by atoms with Crippen molar-refractivity contribution in [2.75, 3.05) is 0 Å². The van der Waals surface area contributed by atoms with Crippen molar-refractivity contribution in [3.8, 4) is 11.5 Å². The summed E-state index contributed by atoms with van der Waals surface area (Å²) in [5.41, 5.74) is 4.27. The Labute approximate surface area is 156 Å². The van der Waals surface area contributed by atoms with E-state index in [1.54, 1.807) is 17.6 Å². The van der Waals surface area contributed by atoms with E-state index in [9.17, 15) is 0 Å². The van der Waals surface area contributed by atoms with Crippen molar-refractivity contribution in [3.63, 3.8) is 0 Å². The molecule has 3 aromatic heterocycles. The highest BCUT2D eigenvalue weighted by atomic mass is 32.1. The molecule has 4 aromatic rings. The topological polar surface area (TPSA) is 43.3 Å². The summed E-state index contributed by atoms with van der Waals surface area (Å²) < 4.78 is 7.84. The van der Waals surface area contributed by atoms with Gasteiger partial charge in [-0.15, -0.1) is 11.3 Å². The molecule has 0 spiro atoms. The van der Waals surface area contributed by atoms with E-state index in [0.29, 0.717) is 0 Å². The third kappa shape index (κ3) is 3.53. The Morgan fingerprint density at radius 1 is 1.08 bits per heavy atom. The predicted octanol–water partition coefficient (Wildman–Crippen LogP) is 4.99. The Kier molecular flexibility index (Phi) is 4.80. The normalized spacial score (nSPS) is 11.8. The van der Waals surface area contributed by atoms with E-state index in [0.717, 1.165) is 46.2 Å². The van der Waals surface area contributed by atoms with E-state index >= 15 is 0 Å². The maximum atomic E-state index is 5.63. The summed E-state index contributed by atoms with van der Waals surface area (Å²) in [6.07, 6.45) is 4.38. The molecule has 5 heteroatoms. The highest BCUT2D eigenvalue weighted by Gasteiger charge is 2.11. The number of para-hydroxylation sites is 1. The Bertz CT molecular complexity index is 1050. The zero-order chi connectivity index (χ0) is 17.8. The van der Waals surface area contributed by atoms with Gasteiger partial charge in [0.2, 0.25) is 0 Å².